The van der Waals surface area contributed by atoms with Crippen molar-refractivity contribution in [3.05, 3.63) is 53.6 Å². The molecule has 0 aliphatic heterocycles. The first-order valence-corrected chi connectivity index (χ1v) is 9.80. The molecule has 0 radical (unpaired) electrons. The van der Waals surface area contributed by atoms with Gasteiger partial charge >= 0.3 is 5.97 Å². The third kappa shape index (κ3) is 5.17. The van der Waals surface area contributed by atoms with E-state index in [1.807, 2.05) is 18.2 Å². The quantitative estimate of drug-likeness (QED) is 0.291. The van der Waals surface area contributed by atoms with Crippen molar-refractivity contribution in [2.75, 3.05) is 14.2 Å². The van der Waals surface area contributed by atoms with Crippen LogP contribution in [0.15, 0.2) is 42.5 Å². The minimum absolute atomic E-state index is 0.0126. The topological polar surface area (TPSA) is 68.5 Å². The second-order valence-corrected chi connectivity index (χ2v) is 7.06. The summed E-state index contributed by atoms with van der Waals surface area (Å²) in [7, 11) is 3.13. The molecule has 1 saturated carbocycles. The molecule has 2 aromatic rings. The van der Waals surface area contributed by atoms with Crippen LogP contribution in [-0.4, -0.2) is 20.2 Å². The van der Waals surface area contributed by atoms with E-state index in [2.05, 4.69) is 6.07 Å². The summed E-state index contributed by atoms with van der Waals surface area (Å²) in [5.41, 5.74) is 2.07. The van der Waals surface area contributed by atoms with Crippen LogP contribution >= 0.6 is 0 Å². The van der Waals surface area contributed by atoms with Crippen LogP contribution in [0.5, 0.6) is 17.2 Å². The average Bonchev–Trinajstić information content (AvgIpc) is 2.78. The van der Waals surface area contributed by atoms with Gasteiger partial charge in [-0.3, -0.25) is 4.79 Å². The second kappa shape index (κ2) is 9.79. The lowest BCUT2D eigenvalue weighted by molar-refractivity contribution is -0.139. The van der Waals surface area contributed by atoms with Gasteiger partial charge in [0.25, 0.3) is 0 Å². The van der Waals surface area contributed by atoms with Crippen molar-refractivity contribution in [2.45, 2.75) is 32.1 Å². The Hall–Kier alpha value is -3.26. The van der Waals surface area contributed by atoms with Crippen molar-refractivity contribution < 1.29 is 19.0 Å². The number of nitrogens with zero attached hydrogens (tertiary/aromatic N) is 1. The monoisotopic (exact) mass is 391 g/mol. The van der Waals surface area contributed by atoms with Gasteiger partial charge in [-0.1, -0.05) is 31.4 Å². The summed E-state index contributed by atoms with van der Waals surface area (Å²) >= 11 is 0. The van der Waals surface area contributed by atoms with Gasteiger partial charge in [-0.05, 0) is 60.4 Å². The van der Waals surface area contributed by atoms with Gasteiger partial charge in [-0.25, -0.2) is 0 Å². The maximum Gasteiger partial charge on any atom is 0.314 e. The number of methoxy groups -OCH3 is 2. The summed E-state index contributed by atoms with van der Waals surface area (Å²) < 4.78 is 16.1. The maximum atomic E-state index is 12.3. The Balaban J connectivity index is 1.73. The lowest BCUT2D eigenvalue weighted by Crippen LogP contribution is -2.22. The fourth-order valence-electron chi connectivity index (χ4n) is 3.52. The van der Waals surface area contributed by atoms with Crippen LogP contribution in [0.2, 0.25) is 0 Å². The number of esters is 1. The summed E-state index contributed by atoms with van der Waals surface area (Å²) in [4.78, 5) is 12.3. The Bertz CT molecular complexity index is 919. The van der Waals surface area contributed by atoms with Crippen LogP contribution in [0.3, 0.4) is 0 Å². The largest absolute Gasteiger partial charge is 0.493 e. The number of carbonyl (C=O) groups is 1. The summed E-state index contributed by atoms with van der Waals surface area (Å²) in [5.74, 6) is 1.57. The van der Waals surface area contributed by atoms with Gasteiger partial charge in [0.05, 0.1) is 31.8 Å². The van der Waals surface area contributed by atoms with Gasteiger partial charge in [0.1, 0.15) is 5.75 Å². The molecule has 1 fully saturated rings. The van der Waals surface area contributed by atoms with Gasteiger partial charge < -0.3 is 14.2 Å². The molecule has 1 aliphatic rings. The average molecular weight is 391 g/mol. The van der Waals surface area contributed by atoms with Crippen LogP contribution in [-0.2, 0) is 4.79 Å². The Morgan fingerprint density at radius 1 is 1.00 bits per heavy atom. The number of hydrogen-bond donors (Lipinski definition) is 0. The van der Waals surface area contributed by atoms with Gasteiger partial charge in [0.2, 0.25) is 0 Å². The molecular weight excluding hydrogens is 366 g/mol. The zero-order valence-electron chi connectivity index (χ0n) is 16.8. The van der Waals surface area contributed by atoms with Crippen molar-refractivity contribution in [1.82, 2.24) is 0 Å². The minimum atomic E-state index is -0.143. The number of rotatable bonds is 6. The summed E-state index contributed by atoms with van der Waals surface area (Å²) in [6.45, 7) is 0. The highest BCUT2D eigenvalue weighted by Gasteiger charge is 2.22. The van der Waals surface area contributed by atoms with Crippen LogP contribution in [0.1, 0.15) is 43.2 Å². The van der Waals surface area contributed by atoms with Gasteiger partial charge in [-0.15, -0.1) is 0 Å². The molecule has 5 nitrogen and oxygen atoms in total. The summed E-state index contributed by atoms with van der Waals surface area (Å²) in [6.07, 6.45) is 7.00. The van der Waals surface area contributed by atoms with Gasteiger partial charge in [0, 0.05) is 0 Å². The lowest BCUT2D eigenvalue weighted by atomic mass is 9.89. The van der Waals surface area contributed by atoms with E-state index in [1.54, 1.807) is 44.6 Å². The number of carbonyl (C=O) groups excluding carboxylic acids is 1. The molecule has 150 valence electrons. The number of nitriles is 1. The predicted octanol–water partition coefficient (Wildman–Crippen LogP) is 5.25. The number of ether oxygens (including phenoxy) is 3. The molecule has 1 aliphatic carbocycles. The smallest absolute Gasteiger partial charge is 0.314 e. The van der Waals surface area contributed by atoms with Crippen molar-refractivity contribution in [3.63, 3.8) is 0 Å². The van der Waals surface area contributed by atoms with E-state index >= 15 is 0 Å². The molecule has 2 aromatic carbocycles. The Morgan fingerprint density at radius 2 is 1.69 bits per heavy atom. The summed E-state index contributed by atoms with van der Waals surface area (Å²) in [5, 5.41) is 9.59. The lowest BCUT2D eigenvalue weighted by Gasteiger charge is -2.19. The molecule has 0 heterocycles. The van der Waals surface area contributed by atoms with Crippen molar-refractivity contribution in [1.29, 1.82) is 5.26 Å². The zero-order chi connectivity index (χ0) is 20.6. The van der Waals surface area contributed by atoms with E-state index in [9.17, 15) is 10.1 Å². The Kier molecular flexibility index (Phi) is 6.91. The Morgan fingerprint density at radius 3 is 2.31 bits per heavy atom. The molecule has 0 N–H and O–H groups in total. The maximum absolute atomic E-state index is 12.3. The molecule has 29 heavy (non-hydrogen) atoms. The molecule has 0 amide bonds. The highest BCUT2D eigenvalue weighted by Crippen LogP contribution is 2.31. The molecule has 0 unspecified atom stereocenters. The molecule has 0 atom stereocenters. The molecule has 0 bridgehead atoms. The second-order valence-electron chi connectivity index (χ2n) is 7.06. The fourth-order valence-corrected chi connectivity index (χ4v) is 3.52. The van der Waals surface area contributed by atoms with E-state index < -0.39 is 0 Å². The number of hydrogen-bond acceptors (Lipinski definition) is 5. The standard InChI is InChI=1S/C24H25NO4/c1-27-22-13-10-19(15-23(22)28-2)20(16-25)14-17-8-11-21(12-9-17)29-24(26)18-6-4-3-5-7-18/h8-15,18H,3-7H2,1-2H3/b20-14-. The van der Waals surface area contributed by atoms with Crippen LogP contribution < -0.4 is 14.2 Å². The van der Waals surface area contributed by atoms with Crippen LogP contribution in [0.25, 0.3) is 11.6 Å². The van der Waals surface area contributed by atoms with Crippen LogP contribution in [0.4, 0.5) is 0 Å². The zero-order valence-corrected chi connectivity index (χ0v) is 16.8. The number of benzene rings is 2. The van der Waals surface area contributed by atoms with Crippen molar-refractivity contribution in [2.24, 2.45) is 5.92 Å². The van der Waals surface area contributed by atoms with Gasteiger partial charge in [-0.2, -0.15) is 5.26 Å². The molecular formula is C24H25NO4. The van der Waals surface area contributed by atoms with E-state index in [0.29, 0.717) is 22.8 Å². The number of allylic oxidation sites excluding steroid dienone is 1. The van der Waals surface area contributed by atoms with E-state index in [1.165, 1.54) is 6.42 Å². The first kappa shape index (κ1) is 20.5. The third-order valence-corrected chi connectivity index (χ3v) is 5.16. The van der Waals surface area contributed by atoms with E-state index in [4.69, 9.17) is 14.2 Å². The predicted molar refractivity (Wildman–Crippen MR) is 112 cm³/mol. The first-order chi connectivity index (χ1) is 14.1. The highest BCUT2D eigenvalue weighted by molar-refractivity contribution is 5.90. The summed E-state index contributed by atoms with van der Waals surface area (Å²) in [6, 6.07) is 14.8. The third-order valence-electron chi connectivity index (χ3n) is 5.16. The Labute approximate surface area is 171 Å². The fraction of sp³-hybridized carbons (Fsp3) is 0.333. The van der Waals surface area contributed by atoms with Gasteiger partial charge in [0.15, 0.2) is 11.5 Å². The molecule has 0 aromatic heterocycles. The van der Waals surface area contributed by atoms with E-state index in [-0.39, 0.29) is 11.9 Å². The first-order valence-electron chi connectivity index (χ1n) is 9.80. The van der Waals surface area contributed by atoms with Crippen molar-refractivity contribution in [3.8, 4) is 23.3 Å². The molecule has 0 saturated heterocycles. The molecule has 5 heteroatoms. The molecule has 3 rings (SSSR count). The highest BCUT2D eigenvalue weighted by atomic mass is 16.5. The van der Waals surface area contributed by atoms with E-state index in [0.717, 1.165) is 36.8 Å². The SMILES string of the molecule is COc1ccc(/C(C#N)=C\c2ccc(OC(=O)C3CCCCC3)cc2)cc1OC. The minimum Gasteiger partial charge on any atom is -0.493 e. The van der Waals surface area contributed by atoms with Crippen molar-refractivity contribution >= 4 is 17.6 Å². The van der Waals surface area contributed by atoms with Crippen LogP contribution in [0, 0.1) is 17.2 Å². The molecule has 0 spiro atoms. The normalized spacial score (nSPS) is 14.7.